The average molecular weight is 300 g/mol. The first kappa shape index (κ1) is 17.8. The molecule has 1 saturated heterocycles. The van der Waals surface area contributed by atoms with Crippen molar-refractivity contribution in [3.05, 3.63) is 0 Å². The molecule has 0 spiro atoms. The fraction of sp³-hybridized carbons (Fsp3) is 0.867. The summed E-state index contributed by atoms with van der Waals surface area (Å²) in [6.45, 7) is 10.7. The number of carboxylic acid groups (broad SMARTS) is 1. The highest BCUT2D eigenvalue weighted by Crippen LogP contribution is 2.20. The average Bonchev–Trinajstić information content (AvgIpc) is 2.69. The van der Waals surface area contributed by atoms with Gasteiger partial charge in [-0.2, -0.15) is 0 Å². The molecule has 6 nitrogen and oxygen atoms in total. The van der Waals surface area contributed by atoms with Gasteiger partial charge in [-0.25, -0.2) is 4.79 Å². The van der Waals surface area contributed by atoms with Gasteiger partial charge in [0.05, 0.1) is 6.54 Å². The van der Waals surface area contributed by atoms with E-state index in [1.54, 1.807) is 4.90 Å². The standard InChI is InChI=1S/C15H28N2O4/c1-11(2)17(14(20)21-15(3,4)5)9-12-7-6-8-16(12)10-13(18)19/h11-12H,6-10H2,1-5H3,(H,18,19)/t12-/m1/s1. The molecule has 1 aliphatic rings. The maximum atomic E-state index is 12.3. The van der Waals surface area contributed by atoms with E-state index < -0.39 is 11.6 Å². The lowest BCUT2D eigenvalue weighted by molar-refractivity contribution is -0.138. The van der Waals surface area contributed by atoms with Gasteiger partial charge < -0.3 is 14.7 Å². The SMILES string of the molecule is CC(C)N(C[C@H]1CCCN1CC(=O)O)C(=O)OC(C)(C)C. The molecule has 1 aliphatic heterocycles. The van der Waals surface area contributed by atoms with Crippen molar-refractivity contribution in [2.45, 2.75) is 65.1 Å². The quantitative estimate of drug-likeness (QED) is 0.842. The van der Waals surface area contributed by atoms with E-state index in [-0.39, 0.29) is 24.7 Å². The number of carbonyl (C=O) groups excluding carboxylic acids is 1. The van der Waals surface area contributed by atoms with Crippen LogP contribution in [-0.2, 0) is 9.53 Å². The summed E-state index contributed by atoms with van der Waals surface area (Å²) in [5, 5.41) is 8.95. The number of amides is 1. The molecule has 0 aliphatic carbocycles. The lowest BCUT2D eigenvalue weighted by Gasteiger charge is -2.34. The fourth-order valence-corrected chi connectivity index (χ4v) is 2.53. The number of likely N-dealkylation sites (tertiary alicyclic amines) is 1. The van der Waals surface area contributed by atoms with Crippen LogP contribution in [0.5, 0.6) is 0 Å². The molecule has 122 valence electrons. The number of hydrogen-bond donors (Lipinski definition) is 1. The number of rotatable bonds is 5. The smallest absolute Gasteiger partial charge is 0.410 e. The lowest BCUT2D eigenvalue weighted by atomic mass is 10.2. The number of hydrogen-bond acceptors (Lipinski definition) is 4. The highest BCUT2D eigenvalue weighted by atomic mass is 16.6. The summed E-state index contributed by atoms with van der Waals surface area (Å²) in [7, 11) is 0. The summed E-state index contributed by atoms with van der Waals surface area (Å²) >= 11 is 0. The van der Waals surface area contributed by atoms with E-state index >= 15 is 0 Å². The van der Waals surface area contributed by atoms with Crippen LogP contribution < -0.4 is 0 Å². The highest BCUT2D eigenvalue weighted by Gasteiger charge is 2.32. The van der Waals surface area contributed by atoms with Crippen LogP contribution in [0, 0.1) is 0 Å². The second-order valence-electron chi connectivity index (χ2n) is 6.89. The first-order valence-electron chi connectivity index (χ1n) is 7.55. The van der Waals surface area contributed by atoms with E-state index in [1.807, 2.05) is 39.5 Å². The van der Waals surface area contributed by atoms with Gasteiger partial charge in [-0.1, -0.05) is 0 Å². The van der Waals surface area contributed by atoms with E-state index in [1.165, 1.54) is 0 Å². The van der Waals surface area contributed by atoms with Crippen molar-refractivity contribution in [3.63, 3.8) is 0 Å². The highest BCUT2D eigenvalue weighted by molar-refractivity contribution is 5.69. The van der Waals surface area contributed by atoms with Gasteiger partial charge in [-0.05, 0) is 54.0 Å². The summed E-state index contributed by atoms with van der Waals surface area (Å²) in [5.74, 6) is -0.824. The molecule has 0 unspecified atom stereocenters. The Hall–Kier alpha value is -1.30. The molecular formula is C15H28N2O4. The Morgan fingerprint density at radius 3 is 2.48 bits per heavy atom. The third-order valence-electron chi connectivity index (χ3n) is 3.50. The van der Waals surface area contributed by atoms with Crippen LogP contribution in [0.25, 0.3) is 0 Å². The molecule has 1 N–H and O–H groups in total. The summed E-state index contributed by atoms with van der Waals surface area (Å²) < 4.78 is 5.44. The Morgan fingerprint density at radius 1 is 1.38 bits per heavy atom. The summed E-state index contributed by atoms with van der Waals surface area (Å²) in [6.07, 6.45) is 1.55. The zero-order chi connectivity index (χ0) is 16.2. The van der Waals surface area contributed by atoms with Gasteiger partial charge in [0, 0.05) is 18.6 Å². The summed E-state index contributed by atoms with van der Waals surface area (Å²) in [4.78, 5) is 26.8. The number of carbonyl (C=O) groups is 2. The zero-order valence-corrected chi connectivity index (χ0v) is 13.8. The molecule has 1 rings (SSSR count). The van der Waals surface area contributed by atoms with Gasteiger partial charge in [0.15, 0.2) is 0 Å². The lowest BCUT2D eigenvalue weighted by Crippen LogP contribution is -2.48. The maximum absolute atomic E-state index is 12.3. The maximum Gasteiger partial charge on any atom is 0.410 e. The number of carboxylic acids is 1. The van der Waals surface area contributed by atoms with Crippen LogP contribution >= 0.6 is 0 Å². The van der Waals surface area contributed by atoms with E-state index in [9.17, 15) is 9.59 Å². The van der Waals surface area contributed by atoms with Gasteiger partial charge >= 0.3 is 12.1 Å². The van der Waals surface area contributed by atoms with Crippen molar-refractivity contribution in [1.29, 1.82) is 0 Å². The Morgan fingerprint density at radius 2 is 2.00 bits per heavy atom. The van der Waals surface area contributed by atoms with E-state index in [0.29, 0.717) is 6.54 Å². The molecule has 0 bridgehead atoms. The van der Waals surface area contributed by atoms with Crippen molar-refractivity contribution in [2.24, 2.45) is 0 Å². The predicted octanol–water partition coefficient (Wildman–Crippen LogP) is 2.18. The Balaban J connectivity index is 2.69. The second kappa shape index (κ2) is 7.11. The van der Waals surface area contributed by atoms with E-state index in [0.717, 1.165) is 19.4 Å². The summed E-state index contributed by atoms with van der Waals surface area (Å²) in [6, 6.07) is 0.114. The minimum atomic E-state index is -0.824. The first-order chi connectivity index (χ1) is 9.60. The molecule has 0 aromatic carbocycles. The van der Waals surface area contributed by atoms with Gasteiger partial charge in [-0.15, -0.1) is 0 Å². The van der Waals surface area contributed by atoms with Crippen LogP contribution in [0.4, 0.5) is 4.79 Å². The third kappa shape index (κ3) is 5.91. The molecule has 0 radical (unpaired) electrons. The Bertz CT molecular complexity index is 376. The van der Waals surface area contributed by atoms with E-state index in [2.05, 4.69) is 0 Å². The number of ether oxygens (including phenoxy) is 1. The fourth-order valence-electron chi connectivity index (χ4n) is 2.53. The molecule has 6 heteroatoms. The van der Waals surface area contributed by atoms with Gasteiger partial charge in [0.1, 0.15) is 5.60 Å². The Kier molecular flexibility index (Phi) is 6.01. The largest absolute Gasteiger partial charge is 0.480 e. The van der Waals surface area contributed by atoms with Crippen LogP contribution in [0.15, 0.2) is 0 Å². The second-order valence-corrected chi connectivity index (χ2v) is 6.89. The van der Waals surface area contributed by atoms with Crippen molar-refractivity contribution < 1.29 is 19.4 Å². The molecule has 1 heterocycles. The van der Waals surface area contributed by atoms with Crippen molar-refractivity contribution >= 4 is 12.1 Å². The molecule has 1 amide bonds. The van der Waals surface area contributed by atoms with Gasteiger partial charge in [0.2, 0.25) is 0 Å². The van der Waals surface area contributed by atoms with Crippen LogP contribution in [0.3, 0.4) is 0 Å². The molecular weight excluding hydrogens is 272 g/mol. The summed E-state index contributed by atoms with van der Waals surface area (Å²) in [5.41, 5.74) is -0.527. The topological polar surface area (TPSA) is 70.1 Å². The monoisotopic (exact) mass is 300 g/mol. The van der Waals surface area contributed by atoms with Crippen molar-refractivity contribution in [2.75, 3.05) is 19.6 Å². The normalized spacial score (nSPS) is 19.8. The van der Waals surface area contributed by atoms with E-state index in [4.69, 9.17) is 9.84 Å². The van der Waals surface area contributed by atoms with Crippen LogP contribution in [-0.4, -0.2) is 64.3 Å². The minimum Gasteiger partial charge on any atom is -0.480 e. The molecule has 0 aromatic heterocycles. The minimum absolute atomic E-state index is 0.0205. The van der Waals surface area contributed by atoms with Crippen LogP contribution in [0.1, 0.15) is 47.5 Å². The molecule has 1 atom stereocenters. The predicted molar refractivity (Wildman–Crippen MR) is 80.3 cm³/mol. The van der Waals surface area contributed by atoms with Crippen molar-refractivity contribution in [1.82, 2.24) is 9.80 Å². The van der Waals surface area contributed by atoms with Crippen LogP contribution in [0.2, 0.25) is 0 Å². The third-order valence-corrected chi connectivity index (χ3v) is 3.50. The zero-order valence-electron chi connectivity index (χ0n) is 13.8. The first-order valence-corrected chi connectivity index (χ1v) is 7.55. The molecule has 21 heavy (non-hydrogen) atoms. The molecule has 0 saturated carbocycles. The van der Waals surface area contributed by atoms with Gasteiger partial charge in [0.25, 0.3) is 0 Å². The van der Waals surface area contributed by atoms with Gasteiger partial charge in [-0.3, -0.25) is 9.69 Å². The van der Waals surface area contributed by atoms with Crippen molar-refractivity contribution in [3.8, 4) is 0 Å². The number of aliphatic carboxylic acids is 1. The number of nitrogens with zero attached hydrogens (tertiary/aromatic N) is 2. The molecule has 0 aromatic rings. The molecule has 1 fully saturated rings. The Labute approximate surface area is 127 Å².